The minimum absolute atomic E-state index is 0.215. The Hall–Kier alpha value is -0.570. The molecule has 0 fully saturated rings. The zero-order valence-corrected chi connectivity index (χ0v) is 6.25. The van der Waals surface area contributed by atoms with E-state index >= 15 is 0 Å². The third kappa shape index (κ3) is 1.48. The highest BCUT2D eigenvalue weighted by molar-refractivity contribution is 9.10. The molecule has 54 valence electrons. The lowest BCUT2D eigenvalue weighted by molar-refractivity contribution is 0.386. The molecule has 1 nitrogen and oxygen atoms in total. The molecule has 0 atom stereocenters. The van der Waals surface area contributed by atoms with Gasteiger partial charge in [-0.3, -0.25) is 0 Å². The van der Waals surface area contributed by atoms with Crippen LogP contribution in [-0.4, -0.2) is 7.04 Å². The van der Waals surface area contributed by atoms with Gasteiger partial charge < -0.3 is 4.74 Å². The first kappa shape index (κ1) is 2.81. The molecule has 0 aromatic heterocycles. The number of benzene rings is 1. The number of methoxy groups -OCH3 is 1. The molecule has 1 aromatic carbocycles. The van der Waals surface area contributed by atoms with Crippen molar-refractivity contribution in [3.63, 3.8) is 0 Å². The standard InChI is InChI=1S/C7H6BrFO/c1-10-7-3-2-5(8)4-6(7)9/h2-4H,1H3/i1D3,2D,3D,4D. The number of halogens is 2. The highest BCUT2D eigenvalue weighted by atomic mass is 79.9. The summed E-state index contributed by atoms with van der Waals surface area (Å²) in [6, 6.07) is -1.91. The second kappa shape index (κ2) is 3.01. The molecule has 0 aliphatic rings. The second-order valence-corrected chi connectivity index (χ2v) is 2.23. The van der Waals surface area contributed by atoms with E-state index in [0.717, 1.165) is 0 Å². The van der Waals surface area contributed by atoms with E-state index in [1.807, 2.05) is 0 Å². The number of rotatable bonds is 1. The van der Waals surface area contributed by atoms with Crippen LogP contribution in [0.2, 0.25) is 0 Å². The summed E-state index contributed by atoms with van der Waals surface area (Å²) in [4.78, 5) is 0. The van der Waals surface area contributed by atoms with E-state index in [-0.39, 0.29) is 4.47 Å². The van der Waals surface area contributed by atoms with Crippen molar-refractivity contribution in [1.82, 2.24) is 0 Å². The summed E-state index contributed by atoms with van der Waals surface area (Å²) in [6.07, 6.45) is 0. The molecule has 10 heavy (non-hydrogen) atoms. The van der Waals surface area contributed by atoms with Gasteiger partial charge in [0.2, 0.25) is 0 Å². The summed E-state index contributed by atoms with van der Waals surface area (Å²) in [7, 11) is -2.93. The lowest BCUT2D eigenvalue weighted by Gasteiger charge is -1.99. The highest BCUT2D eigenvalue weighted by Gasteiger charge is 1.99. The normalized spacial score (nSPS) is 19.4. The minimum atomic E-state index is -2.93. The Morgan fingerprint density at radius 2 is 2.60 bits per heavy atom. The van der Waals surface area contributed by atoms with Crippen molar-refractivity contribution < 1.29 is 17.4 Å². The SMILES string of the molecule is [2H]c1c([2H])c(OC([2H])([2H])[2H])c(F)c([2H])c1Br. The first-order chi connectivity index (χ1) is 7.15. The smallest absolute Gasteiger partial charge is 0.166 e. The Morgan fingerprint density at radius 1 is 1.80 bits per heavy atom. The van der Waals surface area contributed by atoms with E-state index in [9.17, 15) is 4.39 Å². The van der Waals surface area contributed by atoms with Gasteiger partial charge in [-0.25, -0.2) is 4.39 Å². The van der Waals surface area contributed by atoms with Crippen molar-refractivity contribution in [2.45, 2.75) is 0 Å². The van der Waals surface area contributed by atoms with E-state index < -0.39 is 36.7 Å². The minimum Gasteiger partial charge on any atom is -0.494 e. The Morgan fingerprint density at radius 3 is 3.30 bits per heavy atom. The molecule has 0 amide bonds. The van der Waals surface area contributed by atoms with E-state index in [4.69, 9.17) is 8.22 Å². The fourth-order valence-corrected chi connectivity index (χ4v) is 0.694. The third-order valence-corrected chi connectivity index (χ3v) is 1.20. The van der Waals surface area contributed by atoms with Gasteiger partial charge in [-0.1, -0.05) is 15.9 Å². The van der Waals surface area contributed by atoms with Gasteiger partial charge >= 0.3 is 0 Å². The molecule has 0 N–H and O–H groups in total. The van der Waals surface area contributed by atoms with Gasteiger partial charge in [0.25, 0.3) is 0 Å². The van der Waals surface area contributed by atoms with Gasteiger partial charge in [-0.05, 0) is 18.1 Å². The van der Waals surface area contributed by atoms with E-state index in [0.29, 0.717) is 0 Å². The predicted molar refractivity (Wildman–Crippen MR) is 40.7 cm³/mol. The van der Waals surface area contributed by atoms with Crippen LogP contribution in [0, 0.1) is 5.82 Å². The molecular formula is C7H6BrFO. The van der Waals surface area contributed by atoms with Crippen LogP contribution in [0.25, 0.3) is 0 Å². The largest absolute Gasteiger partial charge is 0.494 e. The Kier molecular flexibility index (Phi) is 0.848. The molecule has 0 aliphatic heterocycles. The van der Waals surface area contributed by atoms with Crippen molar-refractivity contribution in [3.05, 3.63) is 28.4 Å². The first-order valence-corrected chi connectivity index (χ1v) is 3.08. The molecule has 3 heteroatoms. The van der Waals surface area contributed by atoms with Crippen molar-refractivity contribution in [1.29, 1.82) is 0 Å². The zero-order valence-electron chi connectivity index (χ0n) is 10.7. The third-order valence-electron chi connectivity index (χ3n) is 0.807. The average molecular weight is 211 g/mol. The van der Waals surface area contributed by atoms with Crippen LogP contribution in [0.3, 0.4) is 0 Å². The van der Waals surface area contributed by atoms with Gasteiger partial charge in [0.1, 0.15) is 0 Å². The van der Waals surface area contributed by atoms with Crippen molar-refractivity contribution in [2.75, 3.05) is 7.04 Å². The van der Waals surface area contributed by atoms with Crippen molar-refractivity contribution >= 4 is 15.9 Å². The maximum atomic E-state index is 13.4. The fourth-order valence-electron chi connectivity index (χ4n) is 0.421. The number of ether oxygens (including phenoxy) is 1. The molecule has 0 unspecified atom stereocenters. The van der Waals surface area contributed by atoms with Gasteiger partial charge in [-0.2, -0.15) is 0 Å². The molecule has 1 rings (SSSR count). The summed E-state index contributed by atoms with van der Waals surface area (Å²) >= 11 is 2.76. The first-order valence-electron chi connectivity index (χ1n) is 5.29. The monoisotopic (exact) mass is 210 g/mol. The van der Waals surface area contributed by atoms with Crippen LogP contribution in [0.15, 0.2) is 22.6 Å². The molecule has 0 aliphatic carbocycles. The molecule has 0 saturated heterocycles. The lowest BCUT2D eigenvalue weighted by Crippen LogP contribution is -1.86. The van der Waals surface area contributed by atoms with Crippen molar-refractivity contribution in [3.8, 4) is 5.75 Å². The average Bonchev–Trinajstić information content (AvgIpc) is 2.17. The Labute approximate surface area is 75.4 Å². The van der Waals surface area contributed by atoms with Gasteiger partial charge in [0.05, 0.1) is 15.3 Å². The van der Waals surface area contributed by atoms with Crippen molar-refractivity contribution in [2.24, 2.45) is 0 Å². The molecule has 0 saturated carbocycles. The number of hydrogen-bond donors (Lipinski definition) is 0. The highest BCUT2D eigenvalue weighted by Crippen LogP contribution is 2.20. The summed E-state index contributed by atoms with van der Waals surface area (Å²) in [5, 5.41) is 0. The van der Waals surface area contributed by atoms with Gasteiger partial charge in [-0.15, -0.1) is 0 Å². The van der Waals surface area contributed by atoms with Crippen LogP contribution >= 0.6 is 15.9 Å². The van der Waals surface area contributed by atoms with E-state index in [1.54, 1.807) is 0 Å². The topological polar surface area (TPSA) is 9.23 Å². The summed E-state index contributed by atoms with van der Waals surface area (Å²) < 4.78 is 59.8. The second-order valence-electron chi connectivity index (χ2n) is 1.43. The maximum Gasteiger partial charge on any atom is 0.166 e. The molecule has 0 radical (unpaired) electrons. The number of hydrogen-bond acceptors (Lipinski definition) is 1. The maximum absolute atomic E-state index is 13.4. The molecular weight excluding hydrogens is 199 g/mol. The molecule has 0 spiro atoms. The van der Waals surface area contributed by atoms with Crippen LogP contribution in [0.1, 0.15) is 8.22 Å². The zero-order chi connectivity index (χ0) is 12.7. The van der Waals surface area contributed by atoms with E-state index in [1.165, 1.54) is 0 Å². The molecule has 0 heterocycles. The van der Waals surface area contributed by atoms with E-state index in [2.05, 4.69) is 20.7 Å². The van der Waals surface area contributed by atoms with Gasteiger partial charge in [0, 0.05) is 4.47 Å². The quantitative estimate of drug-likeness (QED) is 0.693. The summed E-state index contributed by atoms with van der Waals surface area (Å²) in [5.74, 6) is -2.18. The lowest BCUT2D eigenvalue weighted by atomic mass is 10.3. The Balaban J connectivity index is 3.40. The van der Waals surface area contributed by atoms with Crippen LogP contribution < -0.4 is 4.74 Å². The molecule has 1 aromatic rings. The predicted octanol–water partition coefficient (Wildman–Crippen LogP) is 2.60. The van der Waals surface area contributed by atoms with Crippen LogP contribution in [-0.2, 0) is 0 Å². The Bertz CT molecular complexity index is 403. The molecule has 0 bridgehead atoms. The summed E-state index contributed by atoms with van der Waals surface area (Å²) in [6.45, 7) is 0. The fraction of sp³-hybridized carbons (Fsp3) is 0.143. The summed E-state index contributed by atoms with van der Waals surface area (Å²) in [5.41, 5.74) is 0. The van der Waals surface area contributed by atoms with Gasteiger partial charge in [0.15, 0.2) is 11.6 Å². The van der Waals surface area contributed by atoms with Crippen LogP contribution in [0.5, 0.6) is 5.75 Å². The van der Waals surface area contributed by atoms with Crippen LogP contribution in [0.4, 0.5) is 4.39 Å².